The Morgan fingerprint density at radius 2 is 1.78 bits per heavy atom. The molecule has 1 atom stereocenters. The van der Waals surface area contributed by atoms with Crippen LogP contribution in [0.2, 0.25) is 5.02 Å². The Labute approximate surface area is 267 Å². The number of anilines is 1. The molecule has 1 aromatic heterocycles. The van der Waals surface area contributed by atoms with Crippen molar-refractivity contribution in [3.8, 4) is 0 Å². The van der Waals surface area contributed by atoms with Crippen LogP contribution in [0.25, 0.3) is 10.9 Å². The SMILES string of the molecule is COC(=O)C1=C(C)NC(C)=C(C(=O)OCCCCCNc2c3c(nc4cc(Cl)ccc24)CCCC3)C1c1ccccc1[N+](=O)[O-]. The Morgan fingerprint density at radius 3 is 2.53 bits per heavy atom. The zero-order valence-corrected chi connectivity index (χ0v) is 26.5. The van der Waals surface area contributed by atoms with E-state index in [2.05, 4.69) is 10.6 Å². The van der Waals surface area contributed by atoms with Gasteiger partial charge in [-0.05, 0) is 82.6 Å². The molecule has 3 aromatic rings. The molecule has 0 saturated heterocycles. The van der Waals surface area contributed by atoms with Crippen molar-refractivity contribution in [1.82, 2.24) is 10.3 Å². The third-order valence-corrected chi connectivity index (χ3v) is 8.65. The number of halogens is 1. The first kappa shape index (κ1) is 32.0. The second-order valence-electron chi connectivity index (χ2n) is 11.3. The van der Waals surface area contributed by atoms with E-state index in [9.17, 15) is 19.7 Å². The summed E-state index contributed by atoms with van der Waals surface area (Å²) in [6, 6.07) is 11.9. The molecule has 1 aliphatic heterocycles. The Bertz CT molecular complexity index is 1720. The van der Waals surface area contributed by atoms with E-state index in [0.29, 0.717) is 22.8 Å². The van der Waals surface area contributed by atoms with Gasteiger partial charge in [-0.1, -0.05) is 29.8 Å². The van der Waals surface area contributed by atoms with Gasteiger partial charge in [-0.2, -0.15) is 0 Å². The fourth-order valence-electron chi connectivity index (χ4n) is 6.31. The molecule has 45 heavy (non-hydrogen) atoms. The van der Waals surface area contributed by atoms with Crippen LogP contribution in [-0.2, 0) is 31.9 Å². The number of hydrogen-bond donors (Lipinski definition) is 2. The van der Waals surface area contributed by atoms with Gasteiger partial charge < -0.3 is 20.1 Å². The maximum absolute atomic E-state index is 13.5. The van der Waals surface area contributed by atoms with Crippen LogP contribution in [0, 0.1) is 10.1 Å². The van der Waals surface area contributed by atoms with Gasteiger partial charge in [0, 0.05) is 51.4 Å². The van der Waals surface area contributed by atoms with Crippen molar-refractivity contribution < 1.29 is 24.0 Å². The summed E-state index contributed by atoms with van der Waals surface area (Å²) in [6.45, 7) is 4.29. The van der Waals surface area contributed by atoms with Gasteiger partial charge in [0.05, 0.1) is 41.2 Å². The van der Waals surface area contributed by atoms with Crippen molar-refractivity contribution >= 4 is 45.8 Å². The zero-order chi connectivity index (χ0) is 32.1. The lowest BCUT2D eigenvalue weighted by Gasteiger charge is -2.30. The average molecular weight is 633 g/mol. The first-order valence-corrected chi connectivity index (χ1v) is 15.6. The first-order valence-electron chi connectivity index (χ1n) is 15.2. The van der Waals surface area contributed by atoms with Gasteiger partial charge >= 0.3 is 11.9 Å². The number of para-hydroxylation sites is 1. The summed E-state index contributed by atoms with van der Waals surface area (Å²) < 4.78 is 10.7. The lowest BCUT2D eigenvalue weighted by atomic mass is 9.79. The topological polar surface area (TPSA) is 133 Å². The van der Waals surface area contributed by atoms with Crippen LogP contribution in [-0.4, -0.2) is 42.1 Å². The highest BCUT2D eigenvalue weighted by molar-refractivity contribution is 6.31. The number of allylic oxidation sites excluding steroid dienone is 2. The molecule has 10 nitrogen and oxygen atoms in total. The van der Waals surface area contributed by atoms with Crippen LogP contribution < -0.4 is 10.6 Å². The largest absolute Gasteiger partial charge is 0.466 e. The van der Waals surface area contributed by atoms with E-state index < -0.39 is 22.8 Å². The second-order valence-corrected chi connectivity index (χ2v) is 11.8. The predicted octanol–water partition coefficient (Wildman–Crippen LogP) is 6.91. The highest BCUT2D eigenvalue weighted by atomic mass is 35.5. The molecular weight excluding hydrogens is 596 g/mol. The summed E-state index contributed by atoms with van der Waals surface area (Å²) in [6.07, 6.45) is 6.57. The maximum atomic E-state index is 13.5. The second kappa shape index (κ2) is 14.1. The Balaban J connectivity index is 1.23. The number of carbonyl (C=O) groups excluding carboxylic acids is 2. The summed E-state index contributed by atoms with van der Waals surface area (Å²) in [4.78, 5) is 42.6. The molecular formula is C34H37ClN4O6. The van der Waals surface area contributed by atoms with Gasteiger partial charge in [0.25, 0.3) is 5.69 Å². The molecule has 2 aromatic carbocycles. The van der Waals surface area contributed by atoms with Gasteiger partial charge in [-0.25, -0.2) is 9.59 Å². The minimum atomic E-state index is -1.02. The molecule has 2 N–H and O–H groups in total. The van der Waals surface area contributed by atoms with E-state index >= 15 is 0 Å². The quantitative estimate of drug-likeness (QED) is 0.100. The standard InChI is InChI=1S/C34H37ClN4O6/c1-20-29(33(40)44-3)31(25-12-6-8-14-28(25)39(42)43)30(21(2)37-20)34(41)45-18-10-4-9-17-36-32-23-11-5-7-13-26(23)38-27-19-22(35)15-16-24(27)32/h6,8,12,14-16,19,31,37H,4-5,7,9-11,13,17-18H2,1-3H3,(H,36,38). The highest BCUT2D eigenvalue weighted by Crippen LogP contribution is 2.42. The number of aromatic nitrogens is 1. The van der Waals surface area contributed by atoms with Crippen molar-refractivity contribution in [3.63, 3.8) is 0 Å². The van der Waals surface area contributed by atoms with Gasteiger partial charge in [0.2, 0.25) is 0 Å². The molecule has 0 amide bonds. The minimum absolute atomic E-state index is 0.128. The molecule has 1 aliphatic carbocycles. The number of fused-ring (bicyclic) bond motifs is 2. The van der Waals surface area contributed by atoms with Crippen molar-refractivity contribution in [2.75, 3.05) is 25.6 Å². The van der Waals surface area contributed by atoms with E-state index in [1.54, 1.807) is 32.0 Å². The first-order chi connectivity index (χ1) is 21.7. The summed E-state index contributed by atoms with van der Waals surface area (Å²) in [5.74, 6) is -2.34. The molecule has 5 rings (SSSR count). The molecule has 0 bridgehead atoms. The third kappa shape index (κ3) is 6.81. The third-order valence-electron chi connectivity index (χ3n) is 8.41. The average Bonchev–Trinajstić information content (AvgIpc) is 3.02. The highest BCUT2D eigenvalue weighted by Gasteiger charge is 2.40. The number of unbranched alkanes of at least 4 members (excludes halogenated alkanes) is 2. The minimum Gasteiger partial charge on any atom is -0.466 e. The van der Waals surface area contributed by atoms with Crippen LogP contribution >= 0.6 is 11.6 Å². The fourth-order valence-corrected chi connectivity index (χ4v) is 6.48. The van der Waals surface area contributed by atoms with Gasteiger partial charge in [0.15, 0.2) is 0 Å². The van der Waals surface area contributed by atoms with Crippen molar-refractivity contribution in [3.05, 3.63) is 97.0 Å². The number of benzene rings is 2. The number of esters is 2. The van der Waals surface area contributed by atoms with Gasteiger partial charge in [-0.15, -0.1) is 0 Å². The van der Waals surface area contributed by atoms with Crippen molar-refractivity contribution in [1.29, 1.82) is 0 Å². The van der Waals surface area contributed by atoms with Crippen molar-refractivity contribution in [2.45, 2.75) is 64.7 Å². The molecule has 0 saturated carbocycles. The summed E-state index contributed by atoms with van der Waals surface area (Å²) in [7, 11) is 1.23. The lowest BCUT2D eigenvalue weighted by Crippen LogP contribution is -2.32. The smallest absolute Gasteiger partial charge is 0.336 e. The summed E-state index contributed by atoms with van der Waals surface area (Å²) in [5, 5.41) is 20.3. The van der Waals surface area contributed by atoms with E-state index in [1.807, 2.05) is 18.2 Å². The number of hydrogen-bond acceptors (Lipinski definition) is 9. The summed E-state index contributed by atoms with van der Waals surface area (Å²) >= 11 is 6.25. The Kier molecular flexibility index (Phi) is 10.0. The Morgan fingerprint density at radius 1 is 1.04 bits per heavy atom. The number of pyridine rings is 1. The summed E-state index contributed by atoms with van der Waals surface area (Å²) in [5.41, 5.74) is 5.68. The van der Waals surface area contributed by atoms with Gasteiger partial charge in [-0.3, -0.25) is 15.1 Å². The number of dihydropyridines is 1. The van der Waals surface area contributed by atoms with Crippen LogP contribution in [0.1, 0.15) is 68.7 Å². The number of rotatable bonds is 11. The number of methoxy groups -OCH3 is 1. The van der Waals surface area contributed by atoms with E-state index in [0.717, 1.165) is 67.4 Å². The fraction of sp³-hybridized carbons (Fsp3) is 0.382. The number of ether oxygens (including phenoxy) is 2. The zero-order valence-electron chi connectivity index (χ0n) is 25.7. The van der Waals surface area contributed by atoms with Crippen LogP contribution in [0.5, 0.6) is 0 Å². The van der Waals surface area contributed by atoms with Gasteiger partial charge in [0.1, 0.15) is 0 Å². The number of nitro groups is 1. The van der Waals surface area contributed by atoms with Crippen molar-refractivity contribution in [2.24, 2.45) is 0 Å². The predicted molar refractivity (Wildman–Crippen MR) is 173 cm³/mol. The molecule has 0 fully saturated rings. The number of carbonyl (C=O) groups is 2. The van der Waals surface area contributed by atoms with Crippen LogP contribution in [0.15, 0.2) is 65.0 Å². The van der Waals surface area contributed by atoms with E-state index in [-0.39, 0.29) is 29.0 Å². The number of nitro benzene ring substituents is 1. The molecule has 236 valence electrons. The molecule has 2 heterocycles. The van der Waals surface area contributed by atoms with Crippen LogP contribution in [0.4, 0.5) is 11.4 Å². The molecule has 0 radical (unpaired) electrons. The number of aryl methyl sites for hydroxylation is 1. The molecule has 1 unspecified atom stereocenters. The molecule has 2 aliphatic rings. The normalized spacial score (nSPS) is 16.2. The maximum Gasteiger partial charge on any atom is 0.336 e. The van der Waals surface area contributed by atoms with Crippen LogP contribution in [0.3, 0.4) is 0 Å². The van der Waals surface area contributed by atoms with E-state index in [1.165, 1.54) is 18.7 Å². The monoisotopic (exact) mass is 632 g/mol. The Hall–Kier alpha value is -4.44. The lowest BCUT2D eigenvalue weighted by molar-refractivity contribution is -0.385. The van der Waals surface area contributed by atoms with E-state index in [4.69, 9.17) is 26.1 Å². The molecule has 0 spiro atoms. The molecule has 11 heteroatoms. The number of nitrogens with zero attached hydrogens (tertiary/aromatic N) is 2. The number of nitrogens with one attached hydrogen (secondary N) is 2.